The summed E-state index contributed by atoms with van der Waals surface area (Å²) in [5, 5.41) is 2.41. The van der Waals surface area contributed by atoms with Gasteiger partial charge in [0.25, 0.3) is 5.56 Å². The molecule has 124 valence electrons. The molecule has 1 amide bonds. The fourth-order valence-corrected chi connectivity index (χ4v) is 3.89. The average molecular weight is 343 g/mol. The number of rotatable bonds is 3. The molecule has 4 heterocycles. The van der Waals surface area contributed by atoms with Gasteiger partial charge in [0, 0.05) is 25.5 Å². The van der Waals surface area contributed by atoms with Crippen LogP contribution in [0.5, 0.6) is 0 Å². The van der Waals surface area contributed by atoms with Gasteiger partial charge in [0.05, 0.1) is 24.1 Å². The molecule has 0 unspecified atom stereocenters. The maximum atomic E-state index is 12.6. The van der Waals surface area contributed by atoms with Crippen molar-refractivity contribution >= 4 is 27.5 Å². The number of fused-ring (bicyclic) bond motifs is 1. The first-order valence-electron chi connectivity index (χ1n) is 7.90. The minimum atomic E-state index is -0.155. The van der Waals surface area contributed by atoms with Gasteiger partial charge in [-0.2, -0.15) is 0 Å². The Hall–Kier alpha value is -2.48. The minimum absolute atomic E-state index is 0.0360. The highest BCUT2D eigenvalue weighted by atomic mass is 32.1. The summed E-state index contributed by atoms with van der Waals surface area (Å²) >= 11 is 1.43. The van der Waals surface area contributed by atoms with E-state index in [1.807, 2.05) is 21.0 Å². The standard InChI is InChI=1S/C16H17N5O2S/c22-14(9-21-11-18-15-13(16(21)23)3-7-24-15)19-5-1-2-12(8-19)20-6-4-17-10-20/h3-4,6-7,10-12H,1-2,5,8-9H2/t12-/m1/s1. The van der Waals surface area contributed by atoms with Crippen LogP contribution in [-0.2, 0) is 11.3 Å². The van der Waals surface area contributed by atoms with Crippen LogP contribution in [0.3, 0.4) is 0 Å². The molecule has 1 fully saturated rings. The molecule has 0 bridgehead atoms. The maximum Gasteiger partial charge on any atom is 0.262 e. The van der Waals surface area contributed by atoms with E-state index in [1.54, 1.807) is 18.6 Å². The van der Waals surface area contributed by atoms with Crippen LogP contribution in [0, 0.1) is 0 Å². The Morgan fingerprint density at radius 1 is 1.38 bits per heavy atom. The zero-order chi connectivity index (χ0) is 16.5. The molecule has 0 radical (unpaired) electrons. The monoisotopic (exact) mass is 343 g/mol. The van der Waals surface area contributed by atoms with E-state index in [0.717, 1.165) is 19.4 Å². The van der Waals surface area contributed by atoms with Gasteiger partial charge in [-0.1, -0.05) is 0 Å². The molecular weight excluding hydrogens is 326 g/mol. The molecule has 24 heavy (non-hydrogen) atoms. The molecule has 3 aromatic heterocycles. The van der Waals surface area contributed by atoms with Gasteiger partial charge in [-0.25, -0.2) is 9.97 Å². The molecule has 8 heteroatoms. The number of hydrogen-bond acceptors (Lipinski definition) is 5. The van der Waals surface area contributed by atoms with Gasteiger partial charge in [-0.15, -0.1) is 11.3 Å². The highest BCUT2D eigenvalue weighted by molar-refractivity contribution is 7.16. The maximum absolute atomic E-state index is 12.6. The van der Waals surface area contributed by atoms with Crippen LogP contribution >= 0.6 is 11.3 Å². The minimum Gasteiger partial charge on any atom is -0.339 e. The zero-order valence-electron chi connectivity index (χ0n) is 13.0. The number of carbonyl (C=O) groups is 1. The molecule has 7 nitrogen and oxygen atoms in total. The molecule has 0 aromatic carbocycles. The molecule has 0 spiro atoms. The van der Waals surface area contributed by atoms with Crippen molar-refractivity contribution in [1.29, 1.82) is 0 Å². The summed E-state index contributed by atoms with van der Waals surface area (Å²) in [5.41, 5.74) is -0.155. The highest BCUT2D eigenvalue weighted by Crippen LogP contribution is 2.21. The Balaban J connectivity index is 1.50. The van der Waals surface area contributed by atoms with Crippen molar-refractivity contribution < 1.29 is 4.79 Å². The van der Waals surface area contributed by atoms with Gasteiger partial charge >= 0.3 is 0 Å². The number of carbonyl (C=O) groups excluding carboxylic acids is 1. The lowest BCUT2D eigenvalue weighted by Gasteiger charge is -2.33. The van der Waals surface area contributed by atoms with Gasteiger partial charge in [-0.05, 0) is 24.3 Å². The lowest BCUT2D eigenvalue weighted by Crippen LogP contribution is -2.43. The Kier molecular flexibility index (Phi) is 3.89. The summed E-state index contributed by atoms with van der Waals surface area (Å²) in [4.78, 5) is 35.9. The van der Waals surface area contributed by atoms with E-state index in [1.165, 1.54) is 22.2 Å². The molecule has 3 aromatic rings. The number of aromatic nitrogens is 4. The van der Waals surface area contributed by atoms with E-state index in [9.17, 15) is 9.59 Å². The molecule has 0 N–H and O–H groups in total. The van der Waals surface area contributed by atoms with Crippen LogP contribution in [0.2, 0.25) is 0 Å². The molecular formula is C16H17N5O2S. The third kappa shape index (κ3) is 2.73. The third-order valence-electron chi connectivity index (χ3n) is 4.45. The fourth-order valence-electron chi connectivity index (χ4n) is 3.16. The van der Waals surface area contributed by atoms with Gasteiger partial charge in [-0.3, -0.25) is 14.2 Å². The van der Waals surface area contributed by atoms with Gasteiger partial charge in [0.15, 0.2) is 0 Å². The average Bonchev–Trinajstić information content (AvgIpc) is 3.29. The SMILES string of the molecule is O=C(Cn1cnc2sccc2c1=O)N1CCC[C@@H](n2ccnc2)C1. The normalized spacial score (nSPS) is 18.2. The third-order valence-corrected chi connectivity index (χ3v) is 5.27. The molecule has 1 aliphatic heterocycles. The Morgan fingerprint density at radius 3 is 3.12 bits per heavy atom. The van der Waals surface area contributed by atoms with Crippen LogP contribution < -0.4 is 5.56 Å². The zero-order valence-corrected chi connectivity index (χ0v) is 13.9. The lowest BCUT2D eigenvalue weighted by molar-refractivity contribution is -0.133. The van der Waals surface area contributed by atoms with Crippen molar-refractivity contribution in [3.05, 3.63) is 46.8 Å². The molecule has 0 aliphatic carbocycles. The molecule has 1 saturated heterocycles. The number of likely N-dealkylation sites (tertiary alicyclic amines) is 1. The molecule has 1 aliphatic rings. The van der Waals surface area contributed by atoms with Crippen molar-refractivity contribution in [1.82, 2.24) is 24.0 Å². The van der Waals surface area contributed by atoms with Crippen molar-refractivity contribution in [2.75, 3.05) is 13.1 Å². The topological polar surface area (TPSA) is 73.0 Å². The van der Waals surface area contributed by atoms with Crippen LogP contribution in [-0.4, -0.2) is 43.0 Å². The Bertz CT molecular complexity index is 914. The number of hydrogen-bond donors (Lipinski definition) is 0. The summed E-state index contributed by atoms with van der Waals surface area (Å²) in [6, 6.07) is 2.01. The largest absolute Gasteiger partial charge is 0.339 e. The summed E-state index contributed by atoms with van der Waals surface area (Å²) in [5.74, 6) is -0.0432. The second-order valence-electron chi connectivity index (χ2n) is 5.96. The number of nitrogens with zero attached hydrogens (tertiary/aromatic N) is 5. The van der Waals surface area contributed by atoms with Gasteiger partial charge in [0.1, 0.15) is 11.4 Å². The van der Waals surface area contributed by atoms with E-state index < -0.39 is 0 Å². The second-order valence-corrected chi connectivity index (χ2v) is 6.86. The van der Waals surface area contributed by atoms with E-state index in [4.69, 9.17) is 0 Å². The van der Waals surface area contributed by atoms with E-state index in [-0.39, 0.29) is 24.1 Å². The molecule has 4 rings (SSSR count). The number of piperidine rings is 1. The first-order chi connectivity index (χ1) is 11.7. The smallest absolute Gasteiger partial charge is 0.262 e. The molecule has 1 atom stereocenters. The summed E-state index contributed by atoms with van der Waals surface area (Å²) < 4.78 is 3.45. The van der Waals surface area contributed by atoms with Crippen LogP contribution in [0.1, 0.15) is 18.9 Å². The quantitative estimate of drug-likeness (QED) is 0.723. The van der Waals surface area contributed by atoms with E-state index in [0.29, 0.717) is 16.8 Å². The Labute approximate surface area is 142 Å². The van der Waals surface area contributed by atoms with Crippen molar-refractivity contribution in [3.63, 3.8) is 0 Å². The van der Waals surface area contributed by atoms with Gasteiger partial charge in [0.2, 0.25) is 5.91 Å². The van der Waals surface area contributed by atoms with E-state index >= 15 is 0 Å². The number of imidazole rings is 1. The van der Waals surface area contributed by atoms with Gasteiger partial charge < -0.3 is 9.47 Å². The predicted molar refractivity (Wildman–Crippen MR) is 91.0 cm³/mol. The lowest BCUT2D eigenvalue weighted by atomic mass is 10.1. The second kappa shape index (κ2) is 6.20. The Morgan fingerprint density at radius 2 is 2.29 bits per heavy atom. The number of amides is 1. The fraction of sp³-hybridized carbons (Fsp3) is 0.375. The van der Waals surface area contributed by atoms with Crippen LogP contribution in [0.15, 0.2) is 41.3 Å². The van der Waals surface area contributed by atoms with E-state index in [2.05, 4.69) is 9.97 Å². The van der Waals surface area contributed by atoms with Crippen LogP contribution in [0.25, 0.3) is 10.2 Å². The predicted octanol–water partition coefficient (Wildman–Crippen LogP) is 1.52. The number of thiophene rings is 1. The summed E-state index contributed by atoms with van der Waals surface area (Å²) in [7, 11) is 0. The first kappa shape index (κ1) is 15.1. The summed E-state index contributed by atoms with van der Waals surface area (Å²) in [6.45, 7) is 1.42. The first-order valence-corrected chi connectivity index (χ1v) is 8.78. The summed E-state index contributed by atoms with van der Waals surface area (Å²) in [6.07, 6.45) is 8.92. The van der Waals surface area contributed by atoms with Crippen molar-refractivity contribution in [2.45, 2.75) is 25.4 Å². The van der Waals surface area contributed by atoms with Crippen molar-refractivity contribution in [3.8, 4) is 0 Å². The highest BCUT2D eigenvalue weighted by Gasteiger charge is 2.24. The van der Waals surface area contributed by atoms with Crippen LogP contribution in [0.4, 0.5) is 0 Å². The molecule has 0 saturated carbocycles. The van der Waals surface area contributed by atoms with Crippen molar-refractivity contribution in [2.24, 2.45) is 0 Å².